The van der Waals surface area contributed by atoms with Gasteiger partial charge < -0.3 is 15.5 Å². The first-order valence-corrected chi connectivity index (χ1v) is 11.3. The summed E-state index contributed by atoms with van der Waals surface area (Å²) in [4.78, 5) is 39.3. The number of likely N-dealkylation sites (tertiary alicyclic amines) is 1. The minimum absolute atomic E-state index is 0.00311. The van der Waals surface area contributed by atoms with E-state index in [9.17, 15) is 40.7 Å². The fourth-order valence-electron chi connectivity index (χ4n) is 4.48. The summed E-state index contributed by atoms with van der Waals surface area (Å²) in [5.41, 5.74) is 3.50. The fourth-order valence-corrected chi connectivity index (χ4v) is 4.48. The molecule has 3 amide bonds. The molecule has 1 saturated heterocycles. The number of benzene rings is 2. The van der Waals surface area contributed by atoms with Gasteiger partial charge in [0, 0.05) is 38.5 Å². The molecule has 37 heavy (non-hydrogen) atoms. The molecule has 2 aromatic rings. The second-order valence-electron chi connectivity index (χ2n) is 9.14. The molecule has 0 unspecified atom stereocenters. The van der Waals surface area contributed by atoms with Crippen molar-refractivity contribution in [2.45, 2.75) is 38.2 Å². The molecule has 200 valence electrons. The van der Waals surface area contributed by atoms with E-state index < -0.39 is 59.6 Å². The third-order valence-electron chi connectivity index (χ3n) is 6.38. The maximum absolute atomic E-state index is 13.4. The highest BCUT2D eigenvalue weighted by atomic mass is 19.4. The first-order chi connectivity index (χ1) is 17.1. The number of nitrogens with two attached hydrogens (primary N) is 1. The number of carbonyl (C=O) groups excluding carboxylic acids is 3. The van der Waals surface area contributed by atoms with E-state index in [1.54, 1.807) is 24.3 Å². The second-order valence-corrected chi connectivity index (χ2v) is 9.14. The standard InChI is InChI=1S/C25H25F6N3O3/c1-14-3-5-16(6-4-14)20-13-34(23(37)21(32)35)8-7-19(20)22(36)33(2)12-15-9-17(24(26,27)28)11-18(10-15)25(29,30)31/h3-6,9-11,19-20H,7-8,12-13H2,1-2H3,(H2,32,35)/t19-,20-/m0/s1. The molecule has 1 aliphatic heterocycles. The van der Waals surface area contributed by atoms with Crippen LogP contribution >= 0.6 is 0 Å². The van der Waals surface area contributed by atoms with Gasteiger partial charge in [0.25, 0.3) is 0 Å². The lowest BCUT2D eigenvalue weighted by Gasteiger charge is -2.39. The average Bonchev–Trinajstić information content (AvgIpc) is 2.81. The van der Waals surface area contributed by atoms with Crippen LogP contribution in [0.4, 0.5) is 26.3 Å². The van der Waals surface area contributed by atoms with Gasteiger partial charge in [-0.1, -0.05) is 29.8 Å². The van der Waals surface area contributed by atoms with Crippen molar-refractivity contribution in [2.75, 3.05) is 20.1 Å². The lowest BCUT2D eigenvalue weighted by molar-refractivity contribution is -0.147. The summed E-state index contributed by atoms with van der Waals surface area (Å²) in [6.07, 6.45) is -9.89. The minimum atomic E-state index is -5.01. The van der Waals surface area contributed by atoms with Crippen molar-refractivity contribution in [1.82, 2.24) is 9.80 Å². The molecule has 2 aromatic carbocycles. The summed E-state index contributed by atoms with van der Waals surface area (Å²) < 4.78 is 79.4. The fraction of sp³-hybridized carbons (Fsp3) is 0.400. The van der Waals surface area contributed by atoms with Gasteiger partial charge in [0.15, 0.2) is 0 Å². The number of rotatable bonds is 4. The lowest BCUT2D eigenvalue weighted by Crippen LogP contribution is -2.50. The Morgan fingerprint density at radius 1 is 0.973 bits per heavy atom. The molecule has 12 heteroatoms. The van der Waals surface area contributed by atoms with Crippen molar-refractivity contribution in [3.63, 3.8) is 0 Å². The summed E-state index contributed by atoms with van der Waals surface area (Å²) in [6.45, 7) is 1.40. The topological polar surface area (TPSA) is 83.7 Å². The maximum atomic E-state index is 13.4. The van der Waals surface area contributed by atoms with E-state index >= 15 is 0 Å². The van der Waals surface area contributed by atoms with Crippen LogP contribution < -0.4 is 5.73 Å². The third kappa shape index (κ3) is 6.60. The molecular weight excluding hydrogens is 504 g/mol. The van der Waals surface area contributed by atoms with Crippen LogP contribution in [-0.4, -0.2) is 47.7 Å². The Morgan fingerprint density at radius 3 is 2.00 bits per heavy atom. The van der Waals surface area contributed by atoms with Crippen molar-refractivity contribution in [3.8, 4) is 0 Å². The number of nitrogens with zero attached hydrogens (tertiary/aromatic N) is 2. The summed E-state index contributed by atoms with van der Waals surface area (Å²) in [5.74, 6) is -3.87. The normalized spacial score (nSPS) is 18.4. The number of aryl methyl sites for hydroxylation is 1. The van der Waals surface area contributed by atoms with Gasteiger partial charge in [0.2, 0.25) is 5.91 Å². The molecule has 1 fully saturated rings. The van der Waals surface area contributed by atoms with E-state index in [1.165, 1.54) is 11.9 Å². The molecule has 0 saturated carbocycles. The van der Waals surface area contributed by atoms with Gasteiger partial charge in [-0.15, -0.1) is 0 Å². The van der Waals surface area contributed by atoms with Gasteiger partial charge in [-0.2, -0.15) is 26.3 Å². The van der Waals surface area contributed by atoms with Gasteiger partial charge in [-0.05, 0) is 42.7 Å². The van der Waals surface area contributed by atoms with Crippen LogP contribution in [-0.2, 0) is 33.3 Å². The van der Waals surface area contributed by atoms with Gasteiger partial charge in [0.1, 0.15) is 0 Å². The number of primary amides is 1. The first-order valence-electron chi connectivity index (χ1n) is 11.3. The Balaban J connectivity index is 1.90. The van der Waals surface area contributed by atoms with Gasteiger partial charge in [0.05, 0.1) is 11.1 Å². The van der Waals surface area contributed by atoms with Crippen LogP contribution in [0.3, 0.4) is 0 Å². The molecule has 1 heterocycles. The van der Waals surface area contributed by atoms with Crippen LogP contribution in [0.1, 0.15) is 40.2 Å². The molecule has 2 N–H and O–H groups in total. The second kappa shape index (κ2) is 10.4. The van der Waals surface area contributed by atoms with Crippen molar-refractivity contribution < 1.29 is 40.7 Å². The average molecular weight is 529 g/mol. The Morgan fingerprint density at radius 2 is 1.51 bits per heavy atom. The highest BCUT2D eigenvalue weighted by Crippen LogP contribution is 2.37. The molecule has 0 aromatic heterocycles. The number of amides is 3. The quantitative estimate of drug-likeness (QED) is 0.478. The van der Waals surface area contributed by atoms with Crippen LogP contribution in [0.2, 0.25) is 0 Å². The van der Waals surface area contributed by atoms with Gasteiger partial charge >= 0.3 is 24.2 Å². The Hall–Kier alpha value is -3.57. The van der Waals surface area contributed by atoms with E-state index in [1.807, 2.05) is 6.92 Å². The molecule has 1 aliphatic rings. The highest BCUT2D eigenvalue weighted by Gasteiger charge is 2.40. The molecule has 0 radical (unpaired) electrons. The van der Waals surface area contributed by atoms with Crippen molar-refractivity contribution in [3.05, 3.63) is 70.3 Å². The highest BCUT2D eigenvalue weighted by molar-refractivity contribution is 6.34. The number of hydrogen-bond donors (Lipinski definition) is 1. The van der Waals surface area contributed by atoms with E-state index in [4.69, 9.17) is 5.73 Å². The number of halogens is 6. The SMILES string of the molecule is Cc1ccc([C@@H]2CN(C(=O)C(N)=O)CC[C@@H]2C(=O)N(C)Cc2cc(C(F)(F)F)cc(C(F)(F)F)c2)cc1. The number of piperidine rings is 1. The molecule has 0 aliphatic carbocycles. The van der Waals surface area contributed by atoms with Crippen molar-refractivity contribution in [2.24, 2.45) is 11.7 Å². The predicted molar refractivity (Wildman–Crippen MR) is 121 cm³/mol. The summed E-state index contributed by atoms with van der Waals surface area (Å²) in [6, 6.07) is 8.34. The maximum Gasteiger partial charge on any atom is 0.416 e. The predicted octanol–water partition coefficient (Wildman–Crippen LogP) is 4.11. The molecular formula is C25H25F6N3O3. The number of alkyl halides is 6. The first kappa shape index (κ1) is 28.0. The van der Waals surface area contributed by atoms with E-state index in [-0.39, 0.29) is 31.1 Å². The lowest BCUT2D eigenvalue weighted by atomic mass is 9.79. The summed E-state index contributed by atoms with van der Waals surface area (Å²) in [5, 5.41) is 0. The Bertz CT molecular complexity index is 1150. The van der Waals surface area contributed by atoms with Crippen LogP contribution in [0.5, 0.6) is 0 Å². The van der Waals surface area contributed by atoms with E-state index in [0.29, 0.717) is 17.7 Å². The molecule has 2 atom stereocenters. The van der Waals surface area contributed by atoms with Crippen LogP contribution in [0, 0.1) is 12.8 Å². The van der Waals surface area contributed by atoms with Crippen molar-refractivity contribution >= 4 is 17.7 Å². The molecule has 0 bridgehead atoms. The largest absolute Gasteiger partial charge is 0.416 e. The molecule has 0 spiro atoms. The van der Waals surface area contributed by atoms with Gasteiger partial charge in [-0.25, -0.2) is 0 Å². The zero-order valence-electron chi connectivity index (χ0n) is 20.0. The Labute approximate surface area is 209 Å². The zero-order chi connectivity index (χ0) is 27.7. The third-order valence-corrected chi connectivity index (χ3v) is 6.38. The van der Waals surface area contributed by atoms with Crippen molar-refractivity contribution in [1.29, 1.82) is 0 Å². The van der Waals surface area contributed by atoms with Crippen LogP contribution in [0.25, 0.3) is 0 Å². The van der Waals surface area contributed by atoms with E-state index in [2.05, 4.69) is 0 Å². The molecule has 6 nitrogen and oxygen atoms in total. The van der Waals surface area contributed by atoms with Gasteiger partial charge in [-0.3, -0.25) is 14.4 Å². The monoisotopic (exact) mass is 529 g/mol. The van der Waals surface area contributed by atoms with Crippen LogP contribution in [0.15, 0.2) is 42.5 Å². The molecule has 3 rings (SSSR count). The number of carbonyl (C=O) groups is 3. The van der Waals surface area contributed by atoms with E-state index in [0.717, 1.165) is 10.5 Å². The summed E-state index contributed by atoms with van der Waals surface area (Å²) in [7, 11) is 1.29. The smallest absolute Gasteiger partial charge is 0.361 e. The summed E-state index contributed by atoms with van der Waals surface area (Å²) >= 11 is 0. The zero-order valence-corrected chi connectivity index (χ0v) is 20.0. The minimum Gasteiger partial charge on any atom is -0.361 e. The number of hydrogen-bond acceptors (Lipinski definition) is 3. The Kier molecular flexibility index (Phi) is 7.89.